The van der Waals surface area contributed by atoms with Crippen molar-refractivity contribution in [2.24, 2.45) is 0 Å². The lowest BCUT2D eigenvalue weighted by Crippen LogP contribution is -2.61. The molecular weight excluding hydrogens is 649 g/mol. The van der Waals surface area contributed by atoms with E-state index in [0.29, 0.717) is 36.8 Å². The summed E-state index contributed by atoms with van der Waals surface area (Å²) in [6.45, 7) is 3.62. The van der Waals surface area contributed by atoms with Crippen LogP contribution in [0.25, 0.3) is 5.57 Å². The molecule has 6 rings (SSSR count). The standard InChI is InChI=1S/C34H34BrClFN3O4/c1-21(41)39-19-25-17-28(22-6-11-27(12-7-22)43-14-15-44-32-16-24(37)8-13-30(32)36)33(31(20-39)38-25)34(42)40(26-9-10-26)18-23-4-2-3-5-29(23)35/h2-8,11-13,16,25-26,31,38H,9-10,14-15,17-20H2,1H3/t25-,31-/m1/s1. The maximum absolute atomic E-state index is 14.5. The monoisotopic (exact) mass is 681 g/mol. The van der Waals surface area contributed by atoms with E-state index in [4.69, 9.17) is 21.1 Å². The van der Waals surface area contributed by atoms with E-state index in [2.05, 4.69) is 21.2 Å². The van der Waals surface area contributed by atoms with Crippen molar-refractivity contribution >= 4 is 44.9 Å². The summed E-state index contributed by atoms with van der Waals surface area (Å²) in [4.78, 5) is 30.7. The highest BCUT2D eigenvalue weighted by atomic mass is 79.9. The molecule has 2 fully saturated rings. The van der Waals surface area contributed by atoms with Crippen LogP contribution in [-0.2, 0) is 16.1 Å². The molecule has 2 aliphatic heterocycles. The van der Waals surface area contributed by atoms with Gasteiger partial charge in [-0.05, 0) is 66.3 Å². The lowest BCUT2D eigenvalue weighted by atomic mass is 9.82. The Bertz CT molecular complexity index is 1580. The highest BCUT2D eigenvalue weighted by Crippen LogP contribution is 2.38. The van der Waals surface area contributed by atoms with E-state index < -0.39 is 5.82 Å². The summed E-state index contributed by atoms with van der Waals surface area (Å²) in [6, 6.07) is 19.8. The zero-order valence-electron chi connectivity index (χ0n) is 24.4. The number of rotatable bonds is 10. The molecular formula is C34H34BrClFN3O4. The average Bonchev–Trinajstić information content (AvgIpc) is 3.85. The highest BCUT2D eigenvalue weighted by Gasteiger charge is 2.43. The van der Waals surface area contributed by atoms with Gasteiger partial charge in [-0.15, -0.1) is 0 Å². The average molecular weight is 683 g/mol. The summed E-state index contributed by atoms with van der Waals surface area (Å²) in [6.07, 6.45) is 2.61. The lowest BCUT2D eigenvalue weighted by molar-refractivity contribution is -0.132. The molecule has 230 valence electrons. The predicted molar refractivity (Wildman–Crippen MR) is 171 cm³/mol. The Kier molecular flexibility index (Phi) is 9.26. The summed E-state index contributed by atoms with van der Waals surface area (Å²) in [7, 11) is 0. The van der Waals surface area contributed by atoms with Gasteiger partial charge in [0.05, 0.1) is 11.1 Å². The van der Waals surface area contributed by atoms with Gasteiger partial charge < -0.3 is 24.6 Å². The van der Waals surface area contributed by atoms with Crippen molar-refractivity contribution in [1.29, 1.82) is 0 Å². The first kappa shape index (κ1) is 30.6. The first-order chi connectivity index (χ1) is 21.3. The molecule has 0 spiro atoms. The molecule has 3 aromatic carbocycles. The zero-order valence-corrected chi connectivity index (χ0v) is 26.7. The minimum absolute atomic E-state index is 0.0214. The summed E-state index contributed by atoms with van der Waals surface area (Å²) in [5.74, 6) is 0.551. The van der Waals surface area contributed by atoms with Crippen molar-refractivity contribution in [2.45, 2.75) is 50.9 Å². The van der Waals surface area contributed by atoms with Gasteiger partial charge in [0, 0.05) is 54.8 Å². The van der Waals surface area contributed by atoms with Crippen LogP contribution < -0.4 is 14.8 Å². The number of benzene rings is 3. The van der Waals surface area contributed by atoms with Crippen molar-refractivity contribution in [3.8, 4) is 11.5 Å². The number of piperazine rings is 1. The van der Waals surface area contributed by atoms with Gasteiger partial charge in [-0.25, -0.2) is 4.39 Å². The van der Waals surface area contributed by atoms with Gasteiger partial charge >= 0.3 is 0 Å². The Morgan fingerprint density at radius 1 is 1.05 bits per heavy atom. The van der Waals surface area contributed by atoms with E-state index in [1.807, 2.05) is 58.3 Å². The van der Waals surface area contributed by atoms with Crippen molar-refractivity contribution in [3.63, 3.8) is 0 Å². The van der Waals surface area contributed by atoms with E-state index in [1.54, 1.807) is 6.92 Å². The molecule has 44 heavy (non-hydrogen) atoms. The summed E-state index contributed by atoms with van der Waals surface area (Å²) in [5.41, 5.74) is 3.78. The molecule has 10 heteroatoms. The third-order valence-corrected chi connectivity index (χ3v) is 9.42. The SMILES string of the molecule is CC(=O)N1C[C@H]2CC(c3ccc(OCCOc4cc(F)ccc4Cl)cc3)=C(C(=O)N(Cc3ccccc3Br)C3CC3)[C@@H](C1)N2. The Balaban J connectivity index is 1.23. The van der Waals surface area contributed by atoms with Crippen molar-refractivity contribution < 1.29 is 23.5 Å². The second-order valence-electron chi connectivity index (χ2n) is 11.5. The van der Waals surface area contributed by atoms with Gasteiger partial charge in [-0.3, -0.25) is 9.59 Å². The van der Waals surface area contributed by atoms with Gasteiger partial charge in [-0.1, -0.05) is 57.9 Å². The zero-order chi connectivity index (χ0) is 30.8. The number of hydrogen-bond acceptors (Lipinski definition) is 5. The normalized spacial score (nSPS) is 19.5. The van der Waals surface area contributed by atoms with Crippen LogP contribution in [0.5, 0.6) is 11.5 Å². The largest absolute Gasteiger partial charge is 0.490 e. The van der Waals surface area contributed by atoms with E-state index in [0.717, 1.165) is 39.6 Å². The first-order valence-corrected chi connectivity index (χ1v) is 16.0. The number of carbonyl (C=O) groups is 2. The number of carbonyl (C=O) groups excluding carboxylic acids is 2. The second-order valence-corrected chi connectivity index (χ2v) is 12.7. The molecule has 0 unspecified atom stereocenters. The van der Waals surface area contributed by atoms with Gasteiger partial charge in [0.1, 0.15) is 30.5 Å². The van der Waals surface area contributed by atoms with Crippen LogP contribution in [0.15, 0.2) is 76.8 Å². The Morgan fingerprint density at radius 3 is 2.52 bits per heavy atom. The number of halogens is 3. The minimum atomic E-state index is -0.419. The van der Waals surface area contributed by atoms with Crippen molar-refractivity contribution in [1.82, 2.24) is 15.1 Å². The molecule has 2 bridgehead atoms. The number of amides is 2. The number of nitrogens with zero attached hydrogens (tertiary/aromatic N) is 2. The van der Waals surface area contributed by atoms with Gasteiger partial charge in [-0.2, -0.15) is 0 Å². The highest BCUT2D eigenvalue weighted by molar-refractivity contribution is 9.10. The summed E-state index contributed by atoms with van der Waals surface area (Å²) >= 11 is 9.73. The third-order valence-electron chi connectivity index (χ3n) is 8.33. The molecule has 3 aromatic rings. The van der Waals surface area contributed by atoms with Crippen LogP contribution >= 0.6 is 27.5 Å². The lowest BCUT2D eigenvalue weighted by Gasteiger charge is -2.44. The molecule has 1 aliphatic carbocycles. The van der Waals surface area contributed by atoms with E-state index in [1.165, 1.54) is 18.2 Å². The van der Waals surface area contributed by atoms with E-state index in [9.17, 15) is 14.0 Å². The summed E-state index contributed by atoms with van der Waals surface area (Å²) < 4.78 is 25.9. The topological polar surface area (TPSA) is 71.1 Å². The Morgan fingerprint density at radius 2 is 1.80 bits per heavy atom. The molecule has 0 radical (unpaired) electrons. The van der Waals surface area contributed by atoms with Crippen LogP contribution in [0.1, 0.15) is 37.3 Å². The fraction of sp³-hybridized carbons (Fsp3) is 0.353. The second kappa shape index (κ2) is 13.3. The maximum Gasteiger partial charge on any atom is 0.252 e. The number of nitrogens with one attached hydrogen (secondary N) is 1. The van der Waals surface area contributed by atoms with Crippen LogP contribution in [0.2, 0.25) is 5.02 Å². The fourth-order valence-electron chi connectivity index (χ4n) is 5.99. The molecule has 7 nitrogen and oxygen atoms in total. The van der Waals surface area contributed by atoms with Gasteiger partial charge in [0.2, 0.25) is 5.91 Å². The molecule has 1 saturated carbocycles. The van der Waals surface area contributed by atoms with Gasteiger partial charge in [0.25, 0.3) is 5.91 Å². The van der Waals surface area contributed by atoms with Crippen LogP contribution in [0.4, 0.5) is 4.39 Å². The number of fused-ring (bicyclic) bond motifs is 2. The Labute approximate surface area is 270 Å². The molecule has 2 heterocycles. The Hall–Kier alpha value is -3.40. The molecule has 1 N–H and O–H groups in total. The first-order valence-electron chi connectivity index (χ1n) is 14.9. The third kappa shape index (κ3) is 6.95. The minimum Gasteiger partial charge on any atom is -0.490 e. The molecule has 1 saturated heterocycles. The van der Waals surface area contributed by atoms with E-state index >= 15 is 0 Å². The van der Waals surface area contributed by atoms with Crippen LogP contribution in [-0.4, -0.2) is 66.0 Å². The number of hydrogen-bond donors (Lipinski definition) is 1. The fourth-order valence-corrected chi connectivity index (χ4v) is 6.58. The molecule has 3 aliphatic rings. The summed E-state index contributed by atoms with van der Waals surface area (Å²) in [5, 5.41) is 3.98. The molecule has 2 amide bonds. The number of ether oxygens (including phenoxy) is 2. The van der Waals surface area contributed by atoms with Gasteiger partial charge in [0.15, 0.2) is 0 Å². The maximum atomic E-state index is 14.5. The molecule has 0 aromatic heterocycles. The van der Waals surface area contributed by atoms with Crippen LogP contribution in [0.3, 0.4) is 0 Å². The predicted octanol–water partition coefficient (Wildman–Crippen LogP) is 6.24. The quantitative estimate of drug-likeness (QED) is 0.257. The smallest absolute Gasteiger partial charge is 0.252 e. The molecule has 2 atom stereocenters. The van der Waals surface area contributed by atoms with Crippen molar-refractivity contribution in [3.05, 3.63) is 98.7 Å². The van der Waals surface area contributed by atoms with Crippen LogP contribution in [0, 0.1) is 5.82 Å². The van der Waals surface area contributed by atoms with E-state index in [-0.39, 0.29) is 48.9 Å². The van der Waals surface area contributed by atoms with Crippen molar-refractivity contribution in [2.75, 3.05) is 26.3 Å².